The topological polar surface area (TPSA) is 82.6 Å². The van der Waals surface area contributed by atoms with Crippen LogP contribution in [-0.2, 0) is 6.54 Å². The van der Waals surface area contributed by atoms with Gasteiger partial charge in [0, 0.05) is 38.8 Å². The summed E-state index contributed by atoms with van der Waals surface area (Å²) in [5, 5.41) is 5.58. The highest BCUT2D eigenvalue weighted by Gasteiger charge is 2.16. The number of aromatic nitrogens is 2. The van der Waals surface area contributed by atoms with E-state index in [1.807, 2.05) is 24.3 Å². The Morgan fingerprint density at radius 3 is 2.58 bits per heavy atom. The first-order valence-electron chi connectivity index (χ1n) is 8.57. The first-order valence-corrected chi connectivity index (χ1v) is 8.57. The Kier molecular flexibility index (Phi) is 5.85. The summed E-state index contributed by atoms with van der Waals surface area (Å²) in [5.41, 5.74) is 0.988. The molecule has 2 amide bonds. The predicted molar refractivity (Wildman–Crippen MR) is 101 cm³/mol. The zero-order chi connectivity index (χ0) is 18.4. The minimum atomic E-state index is -0.302. The van der Waals surface area contributed by atoms with Crippen molar-refractivity contribution in [3.63, 3.8) is 0 Å². The van der Waals surface area contributed by atoms with Crippen molar-refractivity contribution in [1.82, 2.24) is 20.2 Å². The molecule has 1 aliphatic rings. The van der Waals surface area contributed by atoms with Gasteiger partial charge in [0.2, 0.25) is 0 Å². The molecule has 3 rings (SSSR count). The number of nitrogens with zero attached hydrogens (tertiary/aromatic N) is 4. The molecule has 26 heavy (non-hydrogen) atoms. The maximum absolute atomic E-state index is 12.1. The first-order chi connectivity index (χ1) is 12.6. The second-order valence-electron chi connectivity index (χ2n) is 6.21. The number of hydrogen-bond acceptors (Lipinski definition) is 6. The molecule has 2 aromatic rings. The molecule has 1 saturated heterocycles. The maximum atomic E-state index is 12.1. The monoisotopic (exact) mass is 356 g/mol. The molecule has 1 fully saturated rings. The van der Waals surface area contributed by atoms with Gasteiger partial charge < -0.3 is 19.9 Å². The van der Waals surface area contributed by atoms with Gasteiger partial charge in [-0.3, -0.25) is 5.32 Å². The Balaban J connectivity index is 1.53. The summed E-state index contributed by atoms with van der Waals surface area (Å²) in [4.78, 5) is 25.0. The summed E-state index contributed by atoms with van der Waals surface area (Å²) >= 11 is 0. The van der Waals surface area contributed by atoms with E-state index in [9.17, 15) is 4.79 Å². The molecule has 2 heterocycles. The van der Waals surface area contributed by atoms with Crippen LogP contribution in [0.25, 0.3) is 0 Å². The van der Waals surface area contributed by atoms with E-state index in [2.05, 4.69) is 37.4 Å². The second-order valence-corrected chi connectivity index (χ2v) is 6.21. The van der Waals surface area contributed by atoms with Crippen molar-refractivity contribution in [1.29, 1.82) is 0 Å². The third kappa shape index (κ3) is 4.82. The summed E-state index contributed by atoms with van der Waals surface area (Å²) in [5.74, 6) is 2.11. The van der Waals surface area contributed by atoms with E-state index >= 15 is 0 Å². The minimum absolute atomic E-state index is 0.302. The number of piperazine rings is 1. The van der Waals surface area contributed by atoms with Gasteiger partial charge >= 0.3 is 6.03 Å². The number of carbonyl (C=O) groups excluding carboxylic acids is 1. The van der Waals surface area contributed by atoms with Gasteiger partial charge in [-0.1, -0.05) is 12.1 Å². The van der Waals surface area contributed by atoms with Crippen LogP contribution in [0.5, 0.6) is 5.75 Å². The molecule has 2 N–H and O–H groups in total. The fourth-order valence-electron chi connectivity index (χ4n) is 2.71. The molecule has 0 radical (unpaired) electrons. The number of amides is 2. The fourth-order valence-corrected chi connectivity index (χ4v) is 2.71. The van der Waals surface area contributed by atoms with Crippen molar-refractivity contribution >= 4 is 17.7 Å². The van der Waals surface area contributed by atoms with Crippen LogP contribution in [0.2, 0.25) is 0 Å². The average Bonchev–Trinajstić information content (AvgIpc) is 2.67. The number of likely N-dealkylation sites (N-methyl/N-ethyl adjacent to an activating group) is 1. The summed E-state index contributed by atoms with van der Waals surface area (Å²) in [6.45, 7) is 4.24. The summed E-state index contributed by atoms with van der Waals surface area (Å²) < 4.78 is 5.12. The molecular weight excluding hydrogens is 332 g/mol. The lowest BCUT2D eigenvalue weighted by molar-refractivity contribution is 0.251. The van der Waals surface area contributed by atoms with Crippen molar-refractivity contribution in [2.24, 2.45) is 0 Å². The zero-order valence-electron chi connectivity index (χ0n) is 15.1. The van der Waals surface area contributed by atoms with E-state index in [-0.39, 0.29) is 6.03 Å². The number of carbonyl (C=O) groups is 1. The van der Waals surface area contributed by atoms with E-state index in [0.717, 1.165) is 43.3 Å². The number of benzene rings is 1. The largest absolute Gasteiger partial charge is 0.497 e. The van der Waals surface area contributed by atoms with Gasteiger partial charge in [-0.05, 0) is 24.7 Å². The maximum Gasteiger partial charge on any atom is 0.320 e. The van der Waals surface area contributed by atoms with Crippen molar-refractivity contribution in [3.8, 4) is 5.75 Å². The Morgan fingerprint density at radius 2 is 1.88 bits per heavy atom. The SMILES string of the molecule is COc1ccc(CNC(=O)Nc2cc(N3CCN(C)CC3)ncn2)cc1. The Morgan fingerprint density at radius 1 is 1.15 bits per heavy atom. The van der Waals surface area contributed by atoms with Crippen LogP contribution < -0.4 is 20.3 Å². The number of nitrogens with one attached hydrogen (secondary N) is 2. The number of methoxy groups -OCH3 is 1. The second kappa shape index (κ2) is 8.48. The van der Waals surface area contributed by atoms with Crippen molar-refractivity contribution in [3.05, 3.63) is 42.2 Å². The van der Waals surface area contributed by atoms with E-state index in [1.54, 1.807) is 13.2 Å². The first kappa shape index (κ1) is 17.9. The molecule has 0 saturated carbocycles. The zero-order valence-corrected chi connectivity index (χ0v) is 15.1. The van der Waals surface area contributed by atoms with Gasteiger partial charge in [0.1, 0.15) is 23.7 Å². The minimum Gasteiger partial charge on any atom is -0.497 e. The third-order valence-corrected chi connectivity index (χ3v) is 4.33. The standard InChI is InChI=1S/C18H24N6O2/c1-23-7-9-24(10-8-23)17-11-16(20-13-21-17)22-18(25)19-12-14-3-5-15(26-2)6-4-14/h3-6,11,13H,7-10,12H2,1-2H3,(H2,19,20,21,22,25). The van der Waals surface area contributed by atoms with Crippen LogP contribution in [0.4, 0.5) is 16.4 Å². The van der Waals surface area contributed by atoms with Crippen LogP contribution in [0.1, 0.15) is 5.56 Å². The molecule has 1 aromatic heterocycles. The van der Waals surface area contributed by atoms with Crippen molar-refractivity contribution < 1.29 is 9.53 Å². The average molecular weight is 356 g/mol. The van der Waals surface area contributed by atoms with Gasteiger partial charge in [-0.15, -0.1) is 0 Å². The van der Waals surface area contributed by atoms with E-state index in [4.69, 9.17) is 4.74 Å². The summed E-state index contributed by atoms with van der Waals surface area (Å²) in [6, 6.07) is 9.05. The number of ether oxygens (including phenoxy) is 1. The van der Waals surface area contributed by atoms with E-state index < -0.39 is 0 Å². The van der Waals surface area contributed by atoms with E-state index in [0.29, 0.717) is 12.4 Å². The van der Waals surface area contributed by atoms with Gasteiger partial charge in [-0.25, -0.2) is 14.8 Å². The Hall–Kier alpha value is -2.87. The normalized spacial score (nSPS) is 14.8. The lowest BCUT2D eigenvalue weighted by atomic mass is 10.2. The smallest absolute Gasteiger partial charge is 0.320 e. The number of rotatable bonds is 5. The van der Waals surface area contributed by atoms with Gasteiger partial charge in [-0.2, -0.15) is 0 Å². The molecule has 1 aromatic carbocycles. The highest BCUT2D eigenvalue weighted by molar-refractivity contribution is 5.88. The molecule has 1 aliphatic heterocycles. The van der Waals surface area contributed by atoms with Crippen molar-refractivity contribution in [2.75, 3.05) is 50.6 Å². The highest BCUT2D eigenvalue weighted by Crippen LogP contribution is 2.16. The lowest BCUT2D eigenvalue weighted by Gasteiger charge is -2.33. The molecule has 0 bridgehead atoms. The van der Waals surface area contributed by atoms with Gasteiger partial charge in [0.05, 0.1) is 7.11 Å². The Labute approximate surface area is 153 Å². The molecular formula is C18H24N6O2. The molecule has 8 heteroatoms. The molecule has 0 aliphatic carbocycles. The molecule has 8 nitrogen and oxygen atoms in total. The summed E-state index contributed by atoms with van der Waals surface area (Å²) in [6.07, 6.45) is 1.48. The van der Waals surface area contributed by atoms with Crippen LogP contribution in [0.15, 0.2) is 36.7 Å². The molecule has 0 atom stereocenters. The predicted octanol–water partition coefficient (Wildman–Crippen LogP) is 1.56. The van der Waals surface area contributed by atoms with E-state index in [1.165, 1.54) is 6.33 Å². The Bertz CT molecular complexity index is 729. The summed E-state index contributed by atoms with van der Waals surface area (Å²) in [7, 11) is 3.73. The third-order valence-electron chi connectivity index (χ3n) is 4.33. The van der Waals surface area contributed by atoms with Crippen LogP contribution >= 0.6 is 0 Å². The molecule has 0 unspecified atom stereocenters. The number of hydrogen-bond donors (Lipinski definition) is 2. The van der Waals surface area contributed by atoms with Crippen molar-refractivity contribution in [2.45, 2.75) is 6.54 Å². The lowest BCUT2D eigenvalue weighted by Crippen LogP contribution is -2.44. The number of urea groups is 1. The molecule has 138 valence electrons. The fraction of sp³-hybridized carbons (Fsp3) is 0.389. The molecule has 0 spiro atoms. The highest BCUT2D eigenvalue weighted by atomic mass is 16.5. The van der Waals surface area contributed by atoms with Crippen LogP contribution in [0, 0.1) is 0 Å². The van der Waals surface area contributed by atoms with Crippen LogP contribution in [-0.4, -0.2) is 61.2 Å². The number of anilines is 2. The quantitative estimate of drug-likeness (QED) is 0.846. The van der Waals surface area contributed by atoms with Gasteiger partial charge in [0.25, 0.3) is 0 Å². The van der Waals surface area contributed by atoms with Crippen LogP contribution in [0.3, 0.4) is 0 Å². The van der Waals surface area contributed by atoms with Gasteiger partial charge in [0.15, 0.2) is 0 Å².